The molecule has 0 unspecified atom stereocenters. The van der Waals surface area contributed by atoms with Crippen molar-refractivity contribution in [1.29, 1.82) is 0 Å². The quantitative estimate of drug-likeness (QED) is 0.845. The second kappa shape index (κ2) is 5.58. The van der Waals surface area contributed by atoms with Gasteiger partial charge in [0.25, 0.3) is 5.91 Å². The third-order valence-corrected chi connectivity index (χ3v) is 2.63. The average molecular weight is 278 g/mol. The minimum atomic E-state index is -0.283. The highest BCUT2D eigenvalue weighted by atomic mass is 35.5. The van der Waals surface area contributed by atoms with Crippen LogP contribution in [0.3, 0.4) is 0 Å². The Morgan fingerprint density at radius 2 is 2.16 bits per heavy atom. The summed E-state index contributed by atoms with van der Waals surface area (Å²) in [7, 11) is 1.54. The van der Waals surface area contributed by atoms with E-state index in [0.717, 1.165) is 0 Å². The first-order valence-electron chi connectivity index (χ1n) is 5.51. The molecule has 0 atom stereocenters. The van der Waals surface area contributed by atoms with E-state index < -0.39 is 0 Å². The van der Waals surface area contributed by atoms with Gasteiger partial charge in [-0.05, 0) is 24.3 Å². The Bertz CT molecular complexity index is 617. The molecule has 2 rings (SSSR count). The maximum Gasteiger partial charge on any atom is 0.269 e. The van der Waals surface area contributed by atoms with Crippen LogP contribution in [0.1, 0.15) is 10.5 Å². The summed E-state index contributed by atoms with van der Waals surface area (Å²) >= 11 is 5.81. The van der Waals surface area contributed by atoms with Crippen molar-refractivity contribution in [2.75, 3.05) is 12.8 Å². The molecule has 0 aliphatic carbocycles. The van der Waals surface area contributed by atoms with Crippen LogP contribution in [0.25, 0.3) is 0 Å². The van der Waals surface area contributed by atoms with E-state index in [-0.39, 0.29) is 11.6 Å². The first kappa shape index (κ1) is 13.2. The molecule has 1 aromatic heterocycles. The van der Waals surface area contributed by atoms with Gasteiger partial charge >= 0.3 is 0 Å². The molecule has 0 radical (unpaired) electrons. The normalized spacial score (nSPS) is 10.0. The lowest BCUT2D eigenvalue weighted by Crippen LogP contribution is -2.18. The van der Waals surface area contributed by atoms with Crippen LogP contribution < -0.4 is 15.8 Å². The molecule has 6 heteroatoms. The van der Waals surface area contributed by atoms with Crippen LogP contribution in [-0.2, 0) is 0 Å². The van der Waals surface area contributed by atoms with Gasteiger partial charge in [0.1, 0.15) is 17.2 Å². The number of carbonyl (C=O) groups excluding carboxylic acids is 1. The van der Waals surface area contributed by atoms with Gasteiger partial charge in [-0.25, -0.2) is 0 Å². The summed E-state index contributed by atoms with van der Waals surface area (Å²) in [6, 6.07) is 8.11. The van der Waals surface area contributed by atoms with E-state index in [1.165, 1.54) is 19.3 Å². The number of rotatable bonds is 3. The Kier molecular flexibility index (Phi) is 3.87. The number of amides is 1. The molecule has 19 heavy (non-hydrogen) atoms. The fraction of sp³-hybridized carbons (Fsp3) is 0.0769. The zero-order valence-electron chi connectivity index (χ0n) is 10.2. The number of anilines is 1. The maximum absolute atomic E-state index is 11.5. The molecule has 0 fully saturated rings. The fourth-order valence-electron chi connectivity index (χ4n) is 1.47. The van der Waals surface area contributed by atoms with Gasteiger partial charge in [0.05, 0.1) is 5.69 Å². The highest BCUT2D eigenvalue weighted by Crippen LogP contribution is 2.29. The van der Waals surface area contributed by atoms with Gasteiger partial charge < -0.3 is 15.8 Å². The van der Waals surface area contributed by atoms with E-state index in [0.29, 0.717) is 22.2 Å². The van der Waals surface area contributed by atoms with Gasteiger partial charge in [-0.2, -0.15) is 0 Å². The Morgan fingerprint density at radius 1 is 1.37 bits per heavy atom. The van der Waals surface area contributed by atoms with Gasteiger partial charge in [0, 0.05) is 24.3 Å². The lowest BCUT2D eigenvalue weighted by molar-refractivity contribution is 0.0958. The molecule has 98 valence electrons. The maximum atomic E-state index is 11.5. The molecular formula is C13H12ClN3O2. The van der Waals surface area contributed by atoms with Crippen LogP contribution in [0.2, 0.25) is 5.02 Å². The number of pyridine rings is 1. The monoisotopic (exact) mass is 277 g/mol. The molecule has 1 aromatic carbocycles. The van der Waals surface area contributed by atoms with Crippen LogP contribution in [0, 0.1) is 0 Å². The number of nitrogen functional groups attached to an aromatic ring is 1. The van der Waals surface area contributed by atoms with Crippen molar-refractivity contribution in [2.24, 2.45) is 0 Å². The second-order valence-electron chi connectivity index (χ2n) is 3.74. The molecule has 5 nitrogen and oxygen atoms in total. The van der Waals surface area contributed by atoms with Crippen molar-refractivity contribution in [1.82, 2.24) is 10.3 Å². The second-order valence-corrected chi connectivity index (χ2v) is 4.18. The SMILES string of the molecule is CNC(=O)c1cc(Oc2ccc(Cl)cc2N)ccn1. The van der Waals surface area contributed by atoms with E-state index >= 15 is 0 Å². The van der Waals surface area contributed by atoms with Crippen LogP contribution >= 0.6 is 11.6 Å². The van der Waals surface area contributed by atoms with Gasteiger partial charge in [-0.15, -0.1) is 0 Å². The van der Waals surface area contributed by atoms with Crippen molar-refractivity contribution < 1.29 is 9.53 Å². The molecule has 0 bridgehead atoms. The number of nitrogens with one attached hydrogen (secondary N) is 1. The lowest BCUT2D eigenvalue weighted by Gasteiger charge is -2.09. The summed E-state index contributed by atoms with van der Waals surface area (Å²) in [6.07, 6.45) is 1.49. The third-order valence-electron chi connectivity index (χ3n) is 2.39. The number of carbonyl (C=O) groups is 1. The minimum absolute atomic E-state index is 0.271. The van der Waals surface area contributed by atoms with Crippen LogP contribution in [0.15, 0.2) is 36.5 Å². The fourth-order valence-corrected chi connectivity index (χ4v) is 1.65. The molecule has 0 saturated heterocycles. The third kappa shape index (κ3) is 3.14. The molecule has 0 aliphatic heterocycles. The van der Waals surface area contributed by atoms with Crippen LogP contribution in [0.5, 0.6) is 11.5 Å². The number of nitrogens with two attached hydrogens (primary N) is 1. The summed E-state index contributed by atoms with van der Waals surface area (Å²) in [5, 5.41) is 3.03. The zero-order valence-corrected chi connectivity index (χ0v) is 10.9. The van der Waals surface area contributed by atoms with E-state index in [1.54, 1.807) is 24.3 Å². The van der Waals surface area contributed by atoms with E-state index in [2.05, 4.69) is 10.3 Å². The highest BCUT2D eigenvalue weighted by Gasteiger charge is 2.08. The predicted octanol–water partition coefficient (Wildman–Crippen LogP) is 2.47. The summed E-state index contributed by atoms with van der Waals surface area (Å²) in [5.74, 6) is 0.663. The number of hydrogen-bond acceptors (Lipinski definition) is 4. The largest absolute Gasteiger partial charge is 0.455 e. The number of benzene rings is 1. The van der Waals surface area contributed by atoms with Crippen LogP contribution in [0.4, 0.5) is 5.69 Å². The first-order valence-corrected chi connectivity index (χ1v) is 5.89. The van der Waals surface area contributed by atoms with Crippen molar-refractivity contribution in [2.45, 2.75) is 0 Å². The van der Waals surface area contributed by atoms with Crippen LogP contribution in [-0.4, -0.2) is 17.9 Å². The summed E-state index contributed by atoms with van der Waals surface area (Å²) in [4.78, 5) is 15.4. The van der Waals surface area contributed by atoms with Gasteiger partial charge in [0.2, 0.25) is 0 Å². The number of ether oxygens (including phenoxy) is 1. The van der Waals surface area contributed by atoms with Gasteiger partial charge in [-0.1, -0.05) is 11.6 Å². The average Bonchev–Trinajstić information content (AvgIpc) is 2.41. The Labute approximate surface area is 115 Å². The van der Waals surface area contributed by atoms with Crippen molar-refractivity contribution in [3.8, 4) is 11.5 Å². The zero-order chi connectivity index (χ0) is 13.8. The van der Waals surface area contributed by atoms with E-state index in [9.17, 15) is 4.79 Å². The summed E-state index contributed by atoms with van der Waals surface area (Å²) in [6.45, 7) is 0. The Balaban J connectivity index is 2.26. The van der Waals surface area contributed by atoms with E-state index in [4.69, 9.17) is 22.1 Å². The van der Waals surface area contributed by atoms with Gasteiger partial charge in [0.15, 0.2) is 0 Å². The molecule has 2 aromatic rings. The molecule has 3 N–H and O–H groups in total. The summed E-state index contributed by atoms with van der Waals surface area (Å²) in [5.41, 5.74) is 6.48. The molecule has 0 aliphatic rings. The topological polar surface area (TPSA) is 77.2 Å². The molecule has 0 saturated carbocycles. The predicted molar refractivity (Wildman–Crippen MR) is 73.6 cm³/mol. The standard InChI is InChI=1S/C13H12ClN3O2/c1-16-13(18)11-7-9(4-5-17-11)19-12-3-2-8(14)6-10(12)15/h2-7H,15H2,1H3,(H,16,18). The number of hydrogen-bond donors (Lipinski definition) is 2. The lowest BCUT2D eigenvalue weighted by atomic mass is 10.3. The molecular weight excluding hydrogens is 266 g/mol. The van der Waals surface area contributed by atoms with Crippen molar-refractivity contribution in [3.05, 3.63) is 47.2 Å². The molecule has 1 heterocycles. The van der Waals surface area contributed by atoms with Crippen molar-refractivity contribution in [3.63, 3.8) is 0 Å². The summed E-state index contributed by atoms with van der Waals surface area (Å²) < 4.78 is 5.60. The highest BCUT2D eigenvalue weighted by molar-refractivity contribution is 6.30. The number of nitrogens with zero attached hydrogens (tertiary/aromatic N) is 1. The van der Waals surface area contributed by atoms with Crippen molar-refractivity contribution >= 4 is 23.2 Å². The molecule has 0 spiro atoms. The minimum Gasteiger partial charge on any atom is -0.455 e. The van der Waals surface area contributed by atoms with E-state index in [1.807, 2.05) is 0 Å². The smallest absolute Gasteiger partial charge is 0.269 e. The molecule has 1 amide bonds. The number of halogens is 1. The Morgan fingerprint density at radius 3 is 2.84 bits per heavy atom. The van der Waals surface area contributed by atoms with Gasteiger partial charge in [-0.3, -0.25) is 9.78 Å². The first-order chi connectivity index (χ1) is 9.10. The Hall–Kier alpha value is -2.27. The number of aromatic nitrogens is 1.